The van der Waals surface area contributed by atoms with Gasteiger partial charge >= 0.3 is 5.97 Å². The van der Waals surface area contributed by atoms with Crippen molar-refractivity contribution in [3.05, 3.63) is 46.0 Å². The predicted molar refractivity (Wildman–Crippen MR) is 79.9 cm³/mol. The molecule has 0 spiro atoms. The van der Waals surface area contributed by atoms with E-state index in [9.17, 15) is 9.18 Å². The van der Waals surface area contributed by atoms with E-state index in [0.717, 1.165) is 11.3 Å². The summed E-state index contributed by atoms with van der Waals surface area (Å²) in [5.74, 6) is -1.36. The molecule has 110 valence electrons. The fraction of sp³-hybridized carbons (Fsp3) is 0.143. The van der Waals surface area contributed by atoms with Gasteiger partial charge in [-0.25, -0.2) is 4.39 Å². The minimum atomic E-state index is -0.969. The van der Waals surface area contributed by atoms with Gasteiger partial charge in [0.25, 0.3) is 0 Å². The molecule has 2 aromatic rings. The lowest BCUT2D eigenvalue weighted by molar-refractivity contribution is -0.136. The molecule has 0 bridgehead atoms. The molecular formula is C14H11ClFNO3S. The molecule has 0 fully saturated rings. The summed E-state index contributed by atoms with van der Waals surface area (Å²) in [7, 11) is 0. The highest BCUT2D eigenvalue weighted by molar-refractivity contribution is 7.19. The molecule has 0 aliphatic heterocycles. The van der Waals surface area contributed by atoms with Gasteiger partial charge in [0.2, 0.25) is 0 Å². The summed E-state index contributed by atoms with van der Waals surface area (Å²) in [6.45, 7) is 0. The maximum atomic E-state index is 13.6. The zero-order valence-electron chi connectivity index (χ0n) is 10.7. The Hall–Kier alpha value is -1.92. The van der Waals surface area contributed by atoms with Gasteiger partial charge in [-0.2, -0.15) is 0 Å². The normalized spacial score (nSPS) is 11.6. The number of hydrogen-bond donors (Lipinski definition) is 2. The Morgan fingerprint density at radius 2 is 1.95 bits per heavy atom. The molecule has 2 rings (SSSR count). The summed E-state index contributed by atoms with van der Waals surface area (Å²) in [5.41, 5.74) is 1.52. The number of carbonyl (C=O) groups is 1. The third-order valence-electron chi connectivity index (χ3n) is 2.83. The van der Waals surface area contributed by atoms with Crippen molar-refractivity contribution in [2.24, 2.45) is 5.16 Å². The molecule has 21 heavy (non-hydrogen) atoms. The number of thiophene rings is 1. The average Bonchev–Trinajstić information content (AvgIpc) is 2.79. The van der Waals surface area contributed by atoms with Gasteiger partial charge in [0.1, 0.15) is 5.82 Å². The first-order chi connectivity index (χ1) is 10.0. The van der Waals surface area contributed by atoms with Crippen molar-refractivity contribution in [3.8, 4) is 10.4 Å². The SMILES string of the molecule is O=C(O)CCC(=NO)c1ccc(-c2sc(Cl)cc2F)cc1. The number of oxime groups is 1. The van der Waals surface area contributed by atoms with E-state index in [1.54, 1.807) is 24.3 Å². The second kappa shape index (κ2) is 6.69. The Bertz CT molecular complexity index is 682. The fourth-order valence-electron chi connectivity index (χ4n) is 1.83. The lowest BCUT2D eigenvalue weighted by atomic mass is 10.0. The number of carboxylic acid groups (broad SMARTS) is 1. The third kappa shape index (κ3) is 3.80. The molecule has 0 amide bonds. The smallest absolute Gasteiger partial charge is 0.303 e. The van der Waals surface area contributed by atoms with Gasteiger partial charge in [0.05, 0.1) is 21.3 Å². The van der Waals surface area contributed by atoms with E-state index < -0.39 is 5.97 Å². The summed E-state index contributed by atoms with van der Waals surface area (Å²) in [5, 5.41) is 20.7. The first kappa shape index (κ1) is 15.5. The lowest BCUT2D eigenvalue weighted by Gasteiger charge is -2.04. The third-order valence-corrected chi connectivity index (χ3v) is 4.12. The van der Waals surface area contributed by atoms with Crippen LogP contribution in [0, 0.1) is 5.82 Å². The van der Waals surface area contributed by atoms with Gasteiger partial charge in [-0.3, -0.25) is 4.79 Å². The minimum absolute atomic E-state index is 0.115. The van der Waals surface area contributed by atoms with Crippen LogP contribution in [0.25, 0.3) is 10.4 Å². The van der Waals surface area contributed by atoms with Crippen LogP contribution in [-0.2, 0) is 4.79 Å². The topological polar surface area (TPSA) is 69.9 Å². The molecule has 1 aromatic carbocycles. The molecule has 4 nitrogen and oxygen atoms in total. The van der Waals surface area contributed by atoms with Crippen molar-refractivity contribution < 1.29 is 19.5 Å². The van der Waals surface area contributed by atoms with Crippen molar-refractivity contribution in [3.63, 3.8) is 0 Å². The highest BCUT2D eigenvalue weighted by Crippen LogP contribution is 2.34. The van der Waals surface area contributed by atoms with Gasteiger partial charge in [-0.05, 0) is 11.1 Å². The summed E-state index contributed by atoms with van der Waals surface area (Å²) in [6, 6.07) is 7.90. The van der Waals surface area contributed by atoms with E-state index in [-0.39, 0.29) is 24.4 Å². The maximum Gasteiger partial charge on any atom is 0.303 e. The van der Waals surface area contributed by atoms with Crippen LogP contribution < -0.4 is 0 Å². The van der Waals surface area contributed by atoms with Crippen LogP contribution in [0.15, 0.2) is 35.5 Å². The van der Waals surface area contributed by atoms with Crippen LogP contribution in [0.4, 0.5) is 4.39 Å². The largest absolute Gasteiger partial charge is 0.481 e. The Labute approximate surface area is 129 Å². The van der Waals surface area contributed by atoms with Crippen LogP contribution in [0.5, 0.6) is 0 Å². The van der Waals surface area contributed by atoms with Crippen LogP contribution in [0.1, 0.15) is 18.4 Å². The monoisotopic (exact) mass is 327 g/mol. The van der Waals surface area contributed by atoms with Crippen LogP contribution in [0.3, 0.4) is 0 Å². The van der Waals surface area contributed by atoms with Gasteiger partial charge in [0, 0.05) is 12.5 Å². The highest BCUT2D eigenvalue weighted by atomic mass is 35.5. The molecule has 1 heterocycles. The van der Waals surface area contributed by atoms with Crippen molar-refractivity contribution >= 4 is 34.6 Å². The zero-order valence-corrected chi connectivity index (χ0v) is 12.3. The van der Waals surface area contributed by atoms with Crippen LogP contribution >= 0.6 is 22.9 Å². The first-order valence-corrected chi connectivity index (χ1v) is 7.19. The lowest BCUT2D eigenvalue weighted by Crippen LogP contribution is -2.05. The number of carboxylic acids is 1. The molecular weight excluding hydrogens is 317 g/mol. The Balaban J connectivity index is 2.22. The van der Waals surface area contributed by atoms with Crippen LogP contribution in [-0.4, -0.2) is 22.0 Å². The minimum Gasteiger partial charge on any atom is -0.481 e. The van der Waals surface area contributed by atoms with E-state index >= 15 is 0 Å². The van der Waals surface area contributed by atoms with Gasteiger partial charge in [-0.15, -0.1) is 11.3 Å². The standard InChI is InChI=1S/C14H11ClFNO3S/c15-12-7-10(16)14(21-12)9-3-1-8(2-4-9)11(17-20)5-6-13(18)19/h1-4,7,20H,5-6H2,(H,18,19). The average molecular weight is 328 g/mol. The van der Waals surface area contributed by atoms with E-state index in [0.29, 0.717) is 20.3 Å². The molecule has 0 aliphatic carbocycles. The second-order valence-electron chi connectivity index (χ2n) is 4.25. The van der Waals surface area contributed by atoms with E-state index in [1.807, 2.05) is 0 Å². The zero-order chi connectivity index (χ0) is 15.4. The quantitative estimate of drug-likeness (QED) is 0.490. The number of aliphatic carboxylic acids is 1. The number of halogens is 2. The Morgan fingerprint density at radius 1 is 1.29 bits per heavy atom. The number of hydrogen-bond acceptors (Lipinski definition) is 4. The molecule has 0 saturated carbocycles. The molecule has 7 heteroatoms. The molecule has 0 aliphatic rings. The molecule has 0 radical (unpaired) electrons. The second-order valence-corrected chi connectivity index (χ2v) is 5.93. The molecule has 0 unspecified atom stereocenters. The van der Waals surface area contributed by atoms with E-state index in [1.165, 1.54) is 6.07 Å². The predicted octanol–water partition coefficient (Wildman–Crippen LogP) is 4.25. The molecule has 0 atom stereocenters. The Morgan fingerprint density at radius 3 is 2.43 bits per heavy atom. The molecule has 2 N–H and O–H groups in total. The van der Waals surface area contributed by atoms with Crippen molar-refractivity contribution in [2.75, 3.05) is 0 Å². The summed E-state index contributed by atoms with van der Waals surface area (Å²) >= 11 is 6.90. The van der Waals surface area contributed by atoms with Gasteiger partial charge in [0.15, 0.2) is 0 Å². The van der Waals surface area contributed by atoms with Gasteiger partial charge in [-0.1, -0.05) is 41.0 Å². The van der Waals surface area contributed by atoms with E-state index in [2.05, 4.69) is 5.16 Å². The number of rotatable bonds is 5. The van der Waals surface area contributed by atoms with Crippen LogP contribution in [0.2, 0.25) is 4.34 Å². The summed E-state index contributed by atoms with van der Waals surface area (Å²) in [6.07, 6.45) is -0.0132. The fourth-order valence-corrected chi connectivity index (χ4v) is 2.92. The molecule has 0 saturated heterocycles. The number of nitrogens with zero attached hydrogens (tertiary/aromatic N) is 1. The number of benzene rings is 1. The van der Waals surface area contributed by atoms with Gasteiger partial charge < -0.3 is 10.3 Å². The van der Waals surface area contributed by atoms with Crippen molar-refractivity contribution in [1.29, 1.82) is 0 Å². The Kier molecular flexibility index (Phi) is 4.93. The first-order valence-electron chi connectivity index (χ1n) is 5.99. The van der Waals surface area contributed by atoms with Crippen molar-refractivity contribution in [2.45, 2.75) is 12.8 Å². The summed E-state index contributed by atoms with van der Waals surface area (Å²) < 4.78 is 14.0. The molecule has 1 aromatic heterocycles. The van der Waals surface area contributed by atoms with Crippen molar-refractivity contribution in [1.82, 2.24) is 0 Å². The van der Waals surface area contributed by atoms with E-state index in [4.69, 9.17) is 21.9 Å². The maximum absolute atomic E-state index is 13.6. The highest BCUT2D eigenvalue weighted by Gasteiger charge is 2.12. The summed E-state index contributed by atoms with van der Waals surface area (Å²) in [4.78, 5) is 11.0.